The van der Waals surface area contributed by atoms with Gasteiger partial charge < -0.3 is 10.1 Å². The fraction of sp³-hybridized carbons (Fsp3) is 0.263. The minimum atomic E-state index is -0.121. The van der Waals surface area contributed by atoms with E-state index in [-0.39, 0.29) is 18.5 Å². The van der Waals surface area contributed by atoms with Gasteiger partial charge in [0.2, 0.25) is 11.7 Å². The van der Waals surface area contributed by atoms with Crippen LogP contribution in [-0.2, 0) is 11.3 Å². The summed E-state index contributed by atoms with van der Waals surface area (Å²) in [6, 6.07) is 17.6. The van der Waals surface area contributed by atoms with Crippen LogP contribution in [-0.4, -0.2) is 39.3 Å². The number of tetrazole rings is 1. The van der Waals surface area contributed by atoms with Gasteiger partial charge in [-0.2, -0.15) is 4.80 Å². The van der Waals surface area contributed by atoms with Crippen molar-refractivity contribution in [2.24, 2.45) is 0 Å². The van der Waals surface area contributed by atoms with Gasteiger partial charge in [0.05, 0.1) is 7.11 Å². The normalized spacial score (nSPS) is 18.3. The lowest BCUT2D eigenvalue weighted by Gasteiger charge is -2.08. The highest BCUT2D eigenvalue weighted by Gasteiger charge is 2.41. The number of carbonyl (C=O) groups excluding carboxylic acids is 1. The Balaban J connectivity index is 1.35. The Hall–Kier alpha value is -3.22. The second-order valence-corrected chi connectivity index (χ2v) is 6.27. The van der Waals surface area contributed by atoms with E-state index < -0.39 is 0 Å². The zero-order chi connectivity index (χ0) is 17.9. The number of ether oxygens (including phenoxy) is 1. The van der Waals surface area contributed by atoms with E-state index in [9.17, 15) is 4.79 Å². The van der Waals surface area contributed by atoms with Crippen LogP contribution in [0.5, 0.6) is 5.75 Å². The van der Waals surface area contributed by atoms with Crippen LogP contribution in [0.2, 0.25) is 0 Å². The van der Waals surface area contributed by atoms with Crippen LogP contribution < -0.4 is 10.1 Å². The van der Waals surface area contributed by atoms with Crippen molar-refractivity contribution in [2.75, 3.05) is 7.11 Å². The third-order valence-electron chi connectivity index (χ3n) is 4.45. The molecule has 1 saturated carbocycles. The minimum absolute atomic E-state index is 0.0506. The Morgan fingerprint density at radius 2 is 1.96 bits per heavy atom. The summed E-state index contributed by atoms with van der Waals surface area (Å²) in [5, 5.41) is 15.3. The van der Waals surface area contributed by atoms with Crippen molar-refractivity contribution >= 4 is 5.91 Å². The lowest BCUT2D eigenvalue weighted by Crippen LogP contribution is -2.31. The Morgan fingerprint density at radius 3 is 2.77 bits per heavy atom. The number of amides is 1. The van der Waals surface area contributed by atoms with Crippen molar-refractivity contribution in [3.05, 3.63) is 60.2 Å². The van der Waals surface area contributed by atoms with Gasteiger partial charge in [-0.05, 0) is 23.3 Å². The number of hydrogen-bond acceptors (Lipinski definition) is 5. The van der Waals surface area contributed by atoms with Crippen molar-refractivity contribution in [3.63, 3.8) is 0 Å². The molecule has 0 unspecified atom stereocenters. The molecular weight excluding hydrogens is 330 g/mol. The average Bonchev–Trinajstić information content (AvgIpc) is 3.27. The summed E-state index contributed by atoms with van der Waals surface area (Å²) in [6.07, 6.45) is 0.909. The highest BCUT2D eigenvalue weighted by Crippen LogP contribution is 2.44. The van der Waals surface area contributed by atoms with Gasteiger partial charge in [-0.15, -0.1) is 10.2 Å². The second kappa shape index (κ2) is 6.95. The third kappa shape index (κ3) is 3.42. The number of hydrogen-bond donors (Lipinski definition) is 1. The number of para-hydroxylation sites is 1. The Morgan fingerprint density at radius 1 is 1.19 bits per heavy atom. The van der Waals surface area contributed by atoms with E-state index in [0.717, 1.165) is 23.3 Å². The van der Waals surface area contributed by atoms with Gasteiger partial charge in [0, 0.05) is 17.5 Å². The molecule has 0 bridgehead atoms. The molecule has 1 aromatic heterocycles. The monoisotopic (exact) mass is 349 g/mol. The summed E-state index contributed by atoms with van der Waals surface area (Å²) in [5.74, 6) is 1.54. The lowest BCUT2D eigenvalue weighted by molar-refractivity contribution is -0.122. The van der Waals surface area contributed by atoms with Crippen LogP contribution in [0, 0.1) is 0 Å². The molecule has 1 N–H and O–H groups in total. The summed E-state index contributed by atoms with van der Waals surface area (Å²) >= 11 is 0. The first-order valence-electron chi connectivity index (χ1n) is 8.50. The van der Waals surface area contributed by atoms with Gasteiger partial charge in [0.25, 0.3) is 0 Å². The Kier molecular flexibility index (Phi) is 4.35. The van der Waals surface area contributed by atoms with Crippen molar-refractivity contribution in [3.8, 4) is 17.1 Å². The van der Waals surface area contributed by atoms with Crippen LogP contribution in [0.25, 0.3) is 11.4 Å². The average molecular weight is 349 g/mol. The fourth-order valence-corrected chi connectivity index (χ4v) is 3.06. The molecule has 26 heavy (non-hydrogen) atoms. The van der Waals surface area contributed by atoms with E-state index in [1.807, 2.05) is 54.6 Å². The molecule has 7 nitrogen and oxygen atoms in total. The molecule has 1 heterocycles. The van der Waals surface area contributed by atoms with E-state index in [1.54, 1.807) is 7.11 Å². The topological polar surface area (TPSA) is 81.9 Å². The molecule has 7 heteroatoms. The first-order valence-corrected chi connectivity index (χ1v) is 8.50. The number of aromatic nitrogens is 4. The predicted octanol–water partition coefficient (Wildman–Crippen LogP) is 2.02. The molecule has 1 aliphatic carbocycles. The van der Waals surface area contributed by atoms with Gasteiger partial charge in [0.15, 0.2) is 0 Å². The molecule has 1 amide bonds. The maximum absolute atomic E-state index is 12.3. The standard InChI is InChI=1S/C19H19N5O2/c1-26-17-10-6-5-9-14(17)15-11-16(15)20-18(25)12-24-22-19(21-23-24)13-7-3-2-4-8-13/h2-10,15-16H,11-12H2,1H3,(H,20,25)/t15-,16-/m0/s1. The van der Waals surface area contributed by atoms with Crippen molar-refractivity contribution in [1.82, 2.24) is 25.5 Å². The summed E-state index contributed by atoms with van der Waals surface area (Å²) in [5.41, 5.74) is 2.00. The quantitative estimate of drug-likeness (QED) is 0.736. The first kappa shape index (κ1) is 16.3. The van der Waals surface area contributed by atoms with Crippen LogP contribution in [0.3, 0.4) is 0 Å². The summed E-state index contributed by atoms with van der Waals surface area (Å²) in [6.45, 7) is 0.0506. The molecule has 3 aromatic rings. The fourth-order valence-electron chi connectivity index (χ4n) is 3.06. The van der Waals surface area contributed by atoms with Crippen molar-refractivity contribution in [1.29, 1.82) is 0 Å². The number of rotatable bonds is 6. The number of carbonyl (C=O) groups is 1. The molecule has 132 valence electrons. The molecule has 2 atom stereocenters. The van der Waals surface area contributed by atoms with Gasteiger partial charge >= 0.3 is 0 Å². The van der Waals surface area contributed by atoms with Crippen molar-refractivity contribution < 1.29 is 9.53 Å². The van der Waals surface area contributed by atoms with Crippen LogP contribution in [0.1, 0.15) is 17.9 Å². The van der Waals surface area contributed by atoms with Gasteiger partial charge in [0.1, 0.15) is 12.3 Å². The van der Waals surface area contributed by atoms with E-state index in [1.165, 1.54) is 4.80 Å². The maximum atomic E-state index is 12.3. The molecule has 4 rings (SSSR count). The zero-order valence-electron chi connectivity index (χ0n) is 14.4. The van der Waals surface area contributed by atoms with Crippen molar-refractivity contribution in [2.45, 2.75) is 24.9 Å². The highest BCUT2D eigenvalue weighted by atomic mass is 16.5. The first-order chi connectivity index (χ1) is 12.7. The summed E-state index contributed by atoms with van der Waals surface area (Å²) in [4.78, 5) is 13.6. The van der Waals surface area contributed by atoms with Gasteiger partial charge in [-0.1, -0.05) is 48.5 Å². The van der Waals surface area contributed by atoms with E-state index in [0.29, 0.717) is 11.7 Å². The van der Waals surface area contributed by atoms with E-state index in [4.69, 9.17) is 4.74 Å². The van der Waals surface area contributed by atoms with Crippen LogP contribution in [0.15, 0.2) is 54.6 Å². The molecule has 0 radical (unpaired) electrons. The number of methoxy groups -OCH3 is 1. The van der Waals surface area contributed by atoms with Crippen LogP contribution in [0.4, 0.5) is 0 Å². The lowest BCUT2D eigenvalue weighted by atomic mass is 10.1. The number of benzene rings is 2. The van der Waals surface area contributed by atoms with Crippen LogP contribution >= 0.6 is 0 Å². The highest BCUT2D eigenvalue weighted by molar-refractivity contribution is 5.76. The maximum Gasteiger partial charge on any atom is 0.243 e. The van der Waals surface area contributed by atoms with E-state index in [2.05, 4.69) is 20.7 Å². The molecular formula is C19H19N5O2. The summed E-state index contributed by atoms with van der Waals surface area (Å²) < 4.78 is 5.40. The largest absolute Gasteiger partial charge is 0.496 e. The smallest absolute Gasteiger partial charge is 0.243 e. The SMILES string of the molecule is COc1ccccc1[C@@H]1C[C@@H]1NC(=O)Cn1nnc(-c2ccccc2)n1. The molecule has 2 aromatic carbocycles. The van der Waals surface area contributed by atoms with Gasteiger partial charge in [-0.25, -0.2) is 0 Å². The zero-order valence-corrected chi connectivity index (χ0v) is 14.4. The molecule has 0 saturated heterocycles. The molecule has 0 spiro atoms. The molecule has 1 aliphatic rings. The predicted molar refractivity (Wildman–Crippen MR) is 95.5 cm³/mol. The second-order valence-electron chi connectivity index (χ2n) is 6.27. The Labute approximate surface area is 151 Å². The summed E-state index contributed by atoms with van der Waals surface area (Å²) in [7, 11) is 1.66. The van der Waals surface area contributed by atoms with Gasteiger partial charge in [-0.3, -0.25) is 4.79 Å². The molecule has 1 fully saturated rings. The molecule has 0 aliphatic heterocycles. The minimum Gasteiger partial charge on any atom is -0.496 e. The number of nitrogens with one attached hydrogen (secondary N) is 1. The number of nitrogens with zero attached hydrogens (tertiary/aromatic N) is 4. The third-order valence-corrected chi connectivity index (χ3v) is 4.45. The van der Waals surface area contributed by atoms with E-state index >= 15 is 0 Å². The Bertz CT molecular complexity index is 909.